The summed E-state index contributed by atoms with van der Waals surface area (Å²) >= 11 is 5.95. The van der Waals surface area contributed by atoms with Crippen LogP contribution in [0, 0.1) is 0 Å². The predicted octanol–water partition coefficient (Wildman–Crippen LogP) is 3.79. The Morgan fingerprint density at radius 1 is 1.09 bits per heavy atom. The Hall–Kier alpha value is -2.33. The Bertz CT molecular complexity index is 683. The zero-order chi connectivity index (χ0) is 16.1. The Labute approximate surface area is 134 Å². The first kappa shape index (κ1) is 16.0. The van der Waals surface area contributed by atoms with E-state index in [1.54, 1.807) is 30.3 Å². The largest absolute Gasteiger partial charge is 0.346 e. The zero-order valence-electron chi connectivity index (χ0n) is 12.4. The van der Waals surface area contributed by atoms with Gasteiger partial charge in [-0.15, -0.1) is 0 Å². The number of hydrogen-bond acceptors (Lipinski definition) is 2. The number of nitrogens with one attached hydrogen (secondary N) is 2. The quantitative estimate of drug-likeness (QED) is 0.901. The molecule has 5 heteroatoms. The van der Waals surface area contributed by atoms with Crippen LogP contribution in [0.15, 0.2) is 48.5 Å². The summed E-state index contributed by atoms with van der Waals surface area (Å²) in [7, 11) is 0. The van der Waals surface area contributed by atoms with E-state index in [4.69, 9.17) is 11.6 Å². The Balaban J connectivity index is 2.04. The van der Waals surface area contributed by atoms with Crippen LogP contribution < -0.4 is 10.6 Å². The van der Waals surface area contributed by atoms with Gasteiger partial charge < -0.3 is 10.6 Å². The van der Waals surface area contributed by atoms with Crippen molar-refractivity contribution in [2.75, 3.05) is 5.32 Å². The lowest BCUT2D eigenvalue weighted by Gasteiger charge is -2.15. The van der Waals surface area contributed by atoms with Crippen molar-refractivity contribution in [1.29, 1.82) is 0 Å². The van der Waals surface area contributed by atoms with Crippen LogP contribution in [-0.4, -0.2) is 11.8 Å². The average molecular weight is 317 g/mol. The monoisotopic (exact) mass is 316 g/mol. The number of hydrogen-bond donors (Lipinski definition) is 2. The lowest BCUT2D eigenvalue weighted by molar-refractivity contribution is -0.114. The number of halogens is 1. The van der Waals surface area contributed by atoms with Crippen LogP contribution in [0.25, 0.3) is 0 Å². The molecule has 0 spiro atoms. The molecule has 114 valence electrons. The molecule has 2 amide bonds. The van der Waals surface area contributed by atoms with E-state index in [-0.39, 0.29) is 17.9 Å². The molecule has 0 saturated carbocycles. The summed E-state index contributed by atoms with van der Waals surface area (Å²) < 4.78 is 0. The maximum Gasteiger partial charge on any atom is 0.251 e. The van der Waals surface area contributed by atoms with E-state index in [1.165, 1.54) is 6.92 Å². The molecule has 0 aliphatic heterocycles. The first-order valence-corrected chi connectivity index (χ1v) is 7.27. The highest BCUT2D eigenvalue weighted by atomic mass is 35.5. The van der Waals surface area contributed by atoms with Gasteiger partial charge in [0.1, 0.15) is 0 Å². The van der Waals surface area contributed by atoms with E-state index in [1.807, 2.05) is 25.1 Å². The van der Waals surface area contributed by atoms with Crippen LogP contribution in [0.1, 0.15) is 35.8 Å². The third-order valence-corrected chi connectivity index (χ3v) is 3.40. The molecule has 0 aromatic heterocycles. The van der Waals surface area contributed by atoms with E-state index in [0.29, 0.717) is 16.3 Å². The highest BCUT2D eigenvalue weighted by molar-refractivity contribution is 6.30. The summed E-state index contributed by atoms with van der Waals surface area (Å²) in [5, 5.41) is 6.21. The summed E-state index contributed by atoms with van der Waals surface area (Å²) in [5.41, 5.74) is 2.13. The molecular weight excluding hydrogens is 300 g/mol. The minimum atomic E-state index is -0.179. The average Bonchev–Trinajstić information content (AvgIpc) is 2.47. The third kappa shape index (κ3) is 4.33. The SMILES string of the molecule is CC(=O)Nc1ccc(C(=O)N[C@H](C)c2cccc(Cl)c2)cc1. The molecule has 2 N–H and O–H groups in total. The van der Waals surface area contributed by atoms with Gasteiger partial charge >= 0.3 is 0 Å². The van der Waals surface area contributed by atoms with Gasteiger partial charge in [-0.1, -0.05) is 23.7 Å². The molecule has 1 atom stereocenters. The van der Waals surface area contributed by atoms with Crippen molar-refractivity contribution in [2.45, 2.75) is 19.9 Å². The fraction of sp³-hybridized carbons (Fsp3) is 0.176. The van der Waals surface area contributed by atoms with Crippen molar-refractivity contribution in [2.24, 2.45) is 0 Å². The number of anilines is 1. The van der Waals surface area contributed by atoms with Gasteiger partial charge in [-0.25, -0.2) is 0 Å². The Kier molecular flexibility index (Phi) is 5.17. The standard InChI is InChI=1S/C17H17ClN2O2/c1-11(14-4-3-5-15(18)10-14)19-17(22)13-6-8-16(9-7-13)20-12(2)21/h3-11H,1-2H3,(H,19,22)(H,20,21)/t11-/m1/s1. The molecule has 0 fully saturated rings. The van der Waals surface area contributed by atoms with Crippen LogP contribution in [0.2, 0.25) is 5.02 Å². The fourth-order valence-corrected chi connectivity index (χ4v) is 2.25. The first-order chi connectivity index (χ1) is 10.5. The van der Waals surface area contributed by atoms with Crippen LogP contribution in [0.3, 0.4) is 0 Å². The molecule has 0 unspecified atom stereocenters. The molecule has 2 rings (SSSR count). The molecule has 0 saturated heterocycles. The van der Waals surface area contributed by atoms with Crippen LogP contribution >= 0.6 is 11.6 Å². The fourth-order valence-electron chi connectivity index (χ4n) is 2.05. The highest BCUT2D eigenvalue weighted by Gasteiger charge is 2.11. The number of carbonyl (C=O) groups is 2. The lowest BCUT2D eigenvalue weighted by Crippen LogP contribution is -2.26. The predicted molar refractivity (Wildman–Crippen MR) is 88.1 cm³/mol. The van der Waals surface area contributed by atoms with Gasteiger partial charge in [0.05, 0.1) is 6.04 Å². The van der Waals surface area contributed by atoms with E-state index in [0.717, 1.165) is 5.56 Å². The smallest absolute Gasteiger partial charge is 0.251 e. The summed E-state index contributed by atoms with van der Waals surface area (Å²) in [6.45, 7) is 3.34. The molecule has 2 aromatic rings. The molecular formula is C17H17ClN2O2. The summed E-state index contributed by atoms with van der Waals surface area (Å²) in [6.07, 6.45) is 0. The highest BCUT2D eigenvalue weighted by Crippen LogP contribution is 2.18. The zero-order valence-corrected chi connectivity index (χ0v) is 13.1. The van der Waals surface area contributed by atoms with Gasteiger partial charge in [0.2, 0.25) is 5.91 Å². The Morgan fingerprint density at radius 3 is 2.36 bits per heavy atom. The van der Waals surface area contributed by atoms with Crippen LogP contribution in [0.5, 0.6) is 0 Å². The van der Waals surface area contributed by atoms with Crippen molar-refractivity contribution in [3.63, 3.8) is 0 Å². The van der Waals surface area contributed by atoms with Crippen molar-refractivity contribution < 1.29 is 9.59 Å². The van der Waals surface area contributed by atoms with Crippen molar-refractivity contribution in [3.8, 4) is 0 Å². The van der Waals surface area contributed by atoms with Gasteiger partial charge in [-0.3, -0.25) is 9.59 Å². The van der Waals surface area contributed by atoms with Gasteiger partial charge in [-0.05, 0) is 48.9 Å². The molecule has 2 aromatic carbocycles. The minimum Gasteiger partial charge on any atom is -0.346 e. The molecule has 0 bridgehead atoms. The third-order valence-electron chi connectivity index (χ3n) is 3.16. The maximum atomic E-state index is 12.2. The number of carbonyl (C=O) groups excluding carboxylic acids is 2. The molecule has 0 heterocycles. The summed E-state index contributed by atoms with van der Waals surface area (Å²) in [5.74, 6) is -0.325. The topological polar surface area (TPSA) is 58.2 Å². The van der Waals surface area contributed by atoms with E-state index < -0.39 is 0 Å². The normalized spacial score (nSPS) is 11.6. The minimum absolute atomic E-state index is 0.146. The van der Waals surface area contributed by atoms with Crippen molar-refractivity contribution >= 4 is 29.1 Å². The molecule has 4 nitrogen and oxygen atoms in total. The van der Waals surface area contributed by atoms with Gasteiger partial charge in [0.15, 0.2) is 0 Å². The van der Waals surface area contributed by atoms with E-state index in [2.05, 4.69) is 10.6 Å². The Morgan fingerprint density at radius 2 is 1.77 bits per heavy atom. The van der Waals surface area contributed by atoms with Crippen LogP contribution in [0.4, 0.5) is 5.69 Å². The maximum absolute atomic E-state index is 12.2. The number of benzene rings is 2. The first-order valence-electron chi connectivity index (χ1n) is 6.89. The van der Waals surface area contributed by atoms with Gasteiger partial charge in [0, 0.05) is 23.2 Å². The molecule has 0 aliphatic carbocycles. The van der Waals surface area contributed by atoms with E-state index in [9.17, 15) is 9.59 Å². The van der Waals surface area contributed by atoms with Gasteiger partial charge in [0.25, 0.3) is 5.91 Å². The second kappa shape index (κ2) is 7.09. The van der Waals surface area contributed by atoms with Gasteiger partial charge in [-0.2, -0.15) is 0 Å². The summed E-state index contributed by atoms with van der Waals surface area (Å²) in [4.78, 5) is 23.2. The number of rotatable bonds is 4. The molecule has 0 radical (unpaired) electrons. The lowest BCUT2D eigenvalue weighted by atomic mass is 10.1. The number of amides is 2. The molecule has 0 aliphatic rings. The van der Waals surface area contributed by atoms with E-state index >= 15 is 0 Å². The molecule has 22 heavy (non-hydrogen) atoms. The summed E-state index contributed by atoms with van der Waals surface area (Å²) in [6, 6.07) is 14.0. The van der Waals surface area contributed by atoms with Crippen molar-refractivity contribution in [1.82, 2.24) is 5.32 Å². The second-order valence-electron chi connectivity index (χ2n) is 5.01. The van der Waals surface area contributed by atoms with Crippen molar-refractivity contribution in [3.05, 3.63) is 64.7 Å². The second-order valence-corrected chi connectivity index (χ2v) is 5.45. The van der Waals surface area contributed by atoms with Crippen LogP contribution in [-0.2, 0) is 4.79 Å².